The molecule has 1 heterocycles. The minimum Gasteiger partial charge on any atom is -0.497 e. The molecular formula is C19H30Cl2N2O3. The number of halogens is 2. The molecule has 1 aromatic rings. The number of anilines is 1. The van der Waals surface area contributed by atoms with Gasteiger partial charge in [-0.2, -0.15) is 0 Å². The minimum absolute atomic E-state index is 0. The molecule has 148 valence electrons. The predicted octanol–water partition coefficient (Wildman–Crippen LogP) is 2.45. The van der Waals surface area contributed by atoms with Gasteiger partial charge in [0.15, 0.2) is 0 Å². The van der Waals surface area contributed by atoms with E-state index in [1.807, 2.05) is 26.0 Å². The van der Waals surface area contributed by atoms with Crippen LogP contribution in [0.15, 0.2) is 24.3 Å². The third-order valence-corrected chi connectivity index (χ3v) is 4.26. The summed E-state index contributed by atoms with van der Waals surface area (Å²) in [6, 6.07) is 8.13. The number of nitrogens with zero attached hydrogens (tertiary/aromatic N) is 2. The van der Waals surface area contributed by atoms with E-state index in [0.29, 0.717) is 6.54 Å². The van der Waals surface area contributed by atoms with Gasteiger partial charge in [0.1, 0.15) is 11.4 Å². The third kappa shape index (κ3) is 7.61. The lowest BCUT2D eigenvalue weighted by Gasteiger charge is -2.37. The first-order chi connectivity index (χ1) is 11.4. The van der Waals surface area contributed by atoms with E-state index in [1.165, 1.54) is 5.69 Å². The van der Waals surface area contributed by atoms with Crippen molar-refractivity contribution in [2.45, 2.75) is 25.6 Å². The van der Waals surface area contributed by atoms with Gasteiger partial charge in [-0.1, -0.05) is 5.92 Å². The Morgan fingerprint density at radius 2 is 1.73 bits per heavy atom. The van der Waals surface area contributed by atoms with Crippen LogP contribution in [0, 0.1) is 12.3 Å². The lowest BCUT2D eigenvalue weighted by Crippen LogP contribution is -2.49. The summed E-state index contributed by atoms with van der Waals surface area (Å²) < 4.78 is 10.8. The molecule has 7 heteroatoms. The SMILES string of the molecule is C#CC(C)(C)OCC(O)CN1CCN(c2ccc(OC)cc2)CC1.Cl.Cl. The largest absolute Gasteiger partial charge is 0.497 e. The molecule has 1 atom stereocenters. The molecule has 1 saturated heterocycles. The average molecular weight is 405 g/mol. The number of piperazine rings is 1. The van der Waals surface area contributed by atoms with Crippen LogP contribution in [0.25, 0.3) is 0 Å². The van der Waals surface area contributed by atoms with Crippen molar-refractivity contribution in [3.8, 4) is 18.1 Å². The molecule has 1 unspecified atom stereocenters. The Labute approximate surface area is 169 Å². The van der Waals surface area contributed by atoms with Crippen LogP contribution in [0.3, 0.4) is 0 Å². The summed E-state index contributed by atoms with van der Waals surface area (Å²) in [4.78, 5) is 4.61. The highest BCUT2D eigenvalue weighted by molar-refractivity contribution is 5.85. The van der Waals surface area contributed by atoms with E-state index in [2.05, 4.69) is 27.9 Å². The number of methoxy groups -OCH3 is 1. The number of β-amino-alcohol motifs (C(OH)–C–C–N with tert-alkyl or cyclic N) is 1. The van der Waals surface area contributed by atoms with Crippen LogP contribution in [0.4, 0.5) is 5.69 Å². The second kappa shape index (κ2) is 11.5. The lowest BCUT2D eigenvalue weighted by molar-refractivity contribution is -0.0376. The minimum atomic E-state index is -0.631. The van der Waals surface area contributed by atoms with Crippen LogP contribution in [-0.4, -0.2) is 68.2 Å². The highest BCUT2D eigenvalue weighted by Crippen LogP contribution is 2.20. The maximum Gasteiger partial charge on any atom is 0.122 e. The molecule has 26 heavy (non-hydrogen) atoms. The van der Waals surface area contributed by atoms with Crippen LogP contribution in [0.1, 0.15) is 13.8 Å². The number of hydrogen-bond acceptors (Lipinski definition) is 5. The molecule has 0 radical (unpaired) electrons. The molecule has 1 fully saturated rings. The Kier molecular flexibility index (Phi) is 11.0. The molecule has 1 aromatic carbocycles. The van der Waals surface area contributed by atoms with Crippen molar-refractivity contribution in [2.75, 3.05) is 51.3 Å². The van der Waals surface area contributed by atoms with Crippen LogP contribution >= 0.6 is 24.8 Å². The van der Waals surface area contributed by atoms with Gasteiger partial charge in [-0.25, -0.2) is 0 Å². The summed E-state index contributed by atoms with van der Waals surface area (Å²) in [6.45, 7) is 8.24. The number of aliphatic hydroxyl groups is 1. The number of hydrogen-bond donors (Lipinski definition) is 1. The summed E-state index contributed by atoms with van der Waals surface area (Å²) in [6.07, 6.45) is 4.86. The Hall–Kier alpha value is -1.16. The van der Waals surface area contributed by atoms with Crippen LogP contribution in [0.2, 0.25) is 0 Å². The second-order valence-electron chi connectivity index (χ2n) is 6.61. The molecule has 0 spiro atoms. The molecule has 1 aliphatic rings. The van der Waals surface area contributed by atoms with E-state index in [0.717, 1.165) is 31.9 Å². The lowest BCUT2D eigenvalue weighted by atomic mass is 10.1. The van der Waals surface area contributed by atoms with Crippen LogP contribution in [0.5, 0.6) is 5.75 Å². The van der Waals surface area contributed by atoms with Gasteiger partial charge in [0, 0.05) is 38.4 Å². The zero-order valence-electron chi connectivity index (χ0n) is 15.7. The third-order valence-electron chi connectivity index (χ3n) is 4.26. The van der Waals surface area contributed by atoms with Gasteiger partial charge >= 0.3 is 0 Å². The van der Waals surface area contributed by atoms with E-state index >= 15 is 0 Å². The van der Waals surface area contributed by atoms with Gasteiger partial charge in [-0.05, 0) is 38.1 Å². The van der Waals surface area contributed by atoms with Crippen LogP contribution < -0.4 is 9.64 Å². The fourth-order valence-electron chi connectivity index (χ4n) is 2.68. The fraction of sp³-hybridized carbons (Fsp3) is 0.579. The smallest absolute Gasteiger partial charge is 0.122 e. The van der Waals surface area contributed by atoms with Gasteiger partial charge in [-0.3, -0.25) is 4.90 Å². The molecule has 0 amide bonds. The molecule has 0 aliphatic carbocycles. The molecule has 0 saturated carbocycles. The molecule has 5 nitrogen and oxygen atoms in total. The van der Waals surface area contributed by atoms with Crippen molar-refractivity contribution in [1.82, 2.24) is 4.90 Å². The topological polar surface area (TPSA) is 45.2 Å². The maximum atomic E-state index is 10.1. The zero-order valence-corrected chi connectivity index (χ0v) is 17.3. The van der Waals surface area contributed by atoms with Crippen molar-refractivity contribution >= 4 is 30.5 Å². The highest BCUT2D eigenvalue weighted by atomic mass is 35.5. The quantitative estimate of drug-likeness (QED) is 0.707. The summed E-state index contributed by atoms with van der Waals surface area (Å²) in [5.41, 5.74) is 0.573. The predicted molar refractivity (Wildman–Crippen MR) is 111 cm³/mol. The number of aliphatic hydroxyl groups excluding tert-OH is 1. The van der Waals surface area contributed by atoms with E-state index < -0.39 is 11.7 Å². The van der Waals surface area contributed by atoms with Gasteiger partial charge in [-0.15, -0.1) is 31.2 Å². The fourth-order valence-corrected chi connectivity index (χ4v) is 2.68. The molecule has 0 bridgehead atoms. The van der Waals surface area contributed by atoms with Crippen molar-refractivity contribution in [3.63, 3.8) is 0 Å². The highest BCUT2D eigenvalue weighted by Gasteiger charge is 2.21. The zero-order chi connectivity index (χ0) is 17.6. The molecular weight excluding hydrogens is 375 g/mol. The number of benzene rings is 1. The van der Waals surface area contributed by atoms with Crippen LogP contribution in [-0.2, 0) is 4.74 Å². The molecule has 2 rings (SSSR count). The van der Waals surface area contributed by atoms with Crippen molar-refractivity contribution in [1.29, 1.82) is 0 Å². The van der Waals surface area contributed by atoms with E-state index in [1.54, 1.807) is 7.11 Å². The maximum absolute atomic E-state index is 10.1. The van der Waals surface area contributed by atoms with E-state index in [4.69, 9.17) is 15.9 Å². The molecule has 1 N–H and O–H groups in total. The number of terminal acetylenes is 1. The van der Waals surface area contributed by atoms with Gasteiger partial charge < -0.3 is 19.5 Å². The monoisotopic (exact) mass is 404 g/mol. The normalized spacial score (nSPS) is 16.0. The Morgan fingerprint density at radius 3 is 2.23 bits per heavy atom. The summed E-state index contributed by atoms with van der Waals surface area (Å²) in [5, 5.41) is 10.1. The van der Waals surface area contributed by atoms with Crippen molar-refractivity contribution < 1.29 is 14.6 Å². The van der Waals surface area contributed by atoms with E-state index in [-0.39, 0.29) is 31.4 Å². The Bertz CT molecular complexity index is 553. The van der Waals surface area contributed by atoms with Gasteiger partial charge in [0.25, 0.3) is 0 Å². The van der Waals surface area contributed by atoms with Gasteiger partial charge in [0.2, 0.25) is 0 Å². The standard InChI is InChI=1S/C19H28N2O3.2ClH/c1-5-19(2,3)24-15-17(22)14-20-10-12-21(13-11-20)16-6-8-18(23-4)9-7-16;;/h1,6-9,17,22H,10-15H2,2-4H3;2*1H. The first-order valence-corrected chi connectivity index (χ1v) is 8.34. The Balaban J connectivity index is 0.00000312. The summed E-state index contributed by atoms with van der Waals surface area (Å²) in [7, 11) is 1.67. The van der Waals surface area contributed by atoms with Crippen molar-refractivity contribution in [2.24, 2.45) is 0 Å². The molecule has 1 aliphatic heterocycles. The van der Waals surface area contributed by atoms with E-state index in [9.17, 15) is 5.11 Å². The Morgan fingerprint density at radius 1 is 1.15 bits per heavy atom. The number of rotatable bonds is 7. The first kappa shape index (κ1) is 24.8. The summed E-state index contributed by atoms with van der Waals surface area (Å²) in [5.74, 6) is 3.44. The van der Waals surface area contributed by atoms with Gasteiger partial charge in [0.05, 0.1) is 19.8 Å². The molecule has 0 aromatic heterocycles. The summed E-state index contributed by atoms with van der Waals surface area (Å²) >= 11 is 0. The first-order valence-electron chi connectivity index (χ1n) is 8.34. The number of ether oxygens (including phenoxy) is 2. The van der Waals surface area contributed by atoms with Crippen molar-refractivity contribution in [3.05, 3.63) is 24.3 Å². The average Bonchev–Trinajstić information content (AvgIpc) is 2.61. The second-order valence-corrected chi connectivity index (χ2v) is 6.61.